The predicted octanol–water partition coefficient (Wildman–Crippen LogP) is 3.14. The van der Waals surface area contributed by atoms with Crippen LogP contribution in [0.15, 0.2) is 48.5 Å². The molecular formula is C21H22N2O4. The van der Waals surface area contributed by atoms with Gasteiger partial charge in [-0.15, -0.1) is 0 Å². The monoisotopic (exact) mass is 366 g/mol. The van der Waals surface area contributed by atoms with Crippen LogP contribution < -0.4 is 20.1 Å². The molecule has 0 aromatic heterocycles. The summed E-state index contributed by atoms with van der Waals surface area (Å²) in [7, 11) is 0. The maximum absolute atomic E-state index is 12.6. The van der Waals surface area contributed by atoms with E-state index < -0.39 is 6.10 Å². The van der Waals surface area contributed by atoms with Crippen molar-refractivity contribution in [2.75, 3.05) is 11.9 Å². The van der Waals surface area contributed by atoms with E-state index in [-0.39, 0.29) is 24.5 Å². The quantitative estimate of drug-likeness (QED) is 0.872. The van der Waals surface area contributed by atoms with E-state index >= 15 is 0 Å². The van der Waals surface area contributed by atoms with Crippen LogP contribution in [0, 0.1) is 0 Å². The Kier molecular flexibility index (Phi) is 4.96. The molecule has 27 heavy (non-hydrogen) atoms. The zero-order valence-corrected chi connectivity index (χ0v) is 14.9. The Bertz CT molecular complexity index is 846. The van der Waals surface area contributed by atoms with Crippen LogP contribution in [0.25, 0.3) is 0 Å². The molecule has 1 atom stereocenters. The molecule has 0 saturated heterocycles. The third-order valence-electron chi connectivity index (χ3n) is 4.92. The first-order valence-electron chi connectivity index (χ1n) is 9.30. The van der Waals surface area contributed by atoms with Crippen LogP contribution in [0.1, 0.15) is 36.0 Å². The topological polar surface area (TPSA) is 76.7 Å². The minimum Gasteiger partial charge on any atom is -0.485 e. The first-order valence-corrected chi connectivity index (χ1v) is 9.30. The van der Waals surface area contributed by atoms with Crippen molar-refractivity contribution in [1.29, 1.82) is 0 Å². The van der Waals surface area contributed by atoms with Crippen molar-refractivity contribution in [2.24, 2.45) is 0 Å². The molecule has 1 aliphatic heterocycles. The lowest BCUT2D eigenvalue weighted by atomic mass is 10.1. The number of para-hydroxylation sites is 3. The molecule has 140 valence electrons. The molecule has 2 aromatic rings. The van der Waals surface area contributed by atoms with Gasteiger partial charge in [-0.05, 0) is 37.1 Å². The van der Waals surface area contributed by atoms with E-state index in [1.165, 1.54) is 0 Å². The normalized spacial score (nSPS) is 18.7. The van der Waals surface area contributed by atoms with E-state index in [2.05, 4.69) is 10.6 Å². The van der Waals surface area contributed by atoms with Gasteiger partial charge in [0, 0.05) is 6.04 Å². The summed E-state index contributed by atoms with van der Waals surface area (Å²) in [5.41, 5.74) is 0.926. The van der Waals surface area contributed by atoms with Crippen LogP contribution in [-0.2, 0) is 4.79 Å². The standard InChI is InChI=1S/C21H22N2O4/c24-20(22-14-7-1-2-8-14)15-9-3-4-10-16(15)23-21(25)19-13-26-17-11-5-6-12-18(17)27-19/h3-6,9-12,14,19H,1-2,7-8,13H2,(H,22,24)(H,23,25). The van der Waals surface area contributed by atoms with Crippen molar-refractivity contribution < 1.29 is 19.1 Å². The average molecular weight is 366 g/mol. The fraction of sp³-hybridized carbons (Fsp3) is 0.333. The SMILES string of the molecule is O=C(NC1CCCC1)c1ccccc1NC(=O)C1COc2ccccc2O1. The zero-order valence-electron chi connectivity index (χ0n) is 14.9. The molecule has 1 fully saturated rings. The highest BCUT2D eigenvalue weighted by Crippen LogP contribution is 2.31. The summed E-state index contributed by atoms with van der Waals surface area (Å²) in [6, 6.07) is 14.5. The van der Waals surface area contributed by atoms with Gasteiger partial charge in [-0.3, -0.25) is 9.59 Å². The largest absolute Gasteiger partial charge is 0.485 e. The van der Waals surface area contributed by atoms with Gasteiger partial charge in [-0.1, -0.05) is 37.1 Å². The molecular weight excluding hydrogens is 344 g/mol. The highest BCUT2D eigenvalue weighted by molar-refractivity contribution is 6.04. The van der Waals surface area contributed by atoms with Gasteiger partial charge < -0.3 is 20.1 Å². The lowest BCUT2D eigenvalue weighted by molar-refractivity contribution is -0.125. The molecule has 6 nitrogen and oxygen atoms in total. The van der Waals surface area contributed by atoms with E-state index in [1.54, 1.807) is 36.4 Å². The third kappa shape index (κ3) is 3.89. The maximum Gasteiger partial charge on any atom is 0.269 e. The summed E-state index contributed by atoms with van der Waals surface area (Å²) in [5, 5.41) is 5.87. The summed E-state index contributed by atoms with van der Waals surface area (Å²) in [4.78, 5) is 25.3. The second-order valence-corrected chi connectivity index (χ2v) is 6.85. The highest BCUT2D eigenvalue weighted by Gasteiger charge is 2.28. The average Bonchev–Trinajstić information content (AvgIpc) is 3.21. The summed E-state index contributed by atoms with van der Waals surface area (Å²) >= 11 is 0. The zero-order chi connectivity index (χ0) is 18.6. The summed E-state index contributed by atoms with van der Waals surface area (Å²) in [6.45, 7) is 0.124. The molecule has 0 bridgehead atoms. The second-order valence-electron chi connectivity index (χ2n) is 6.85. The number of carbonyl (C=O) groups is 2. The number of fused-ring (bicyclic) bond motifs is 1. The van der Waals surface area contributed by atoms with Gasteiger partial charge in [-0.2, -0.15) is 0 Å². The van der Waals surface area contributed by atoms with Gasteiger partial charge in [0.2, 0.25) is 6.10 Å². The van der Waals surface area contributed by atoms with Crippen LogP contribution in [-0.4, -0.2) is 30.6 Å². The number of ether oxygens (including phenoxy) is 2. The van der Waals surface area contributed by atoms with E-state index in [9.17, 15) is 9.59 Å². The minimum atomic E-state index is -0.772. The Labute approximate surface area is 157 Å². The molecule has 0 radical (unpaired) electrons. The highest BCUT2D eigenvalue weighted by atomic mass is 16.6. The van der Waals surface area contributed by atoms with Gasteiger partial charge in [0.15, 0.2) is 11.5 Å². The molecule has 1 aliphatic carbocycles. The Balaban J connectivity index is 1.45. The van der Waals surface area contributed by atoms with Gasteiger partial charge in [0.05, 0.1) is 11.3 Å². The summed E-state index contributed by atoms with van der Waals surface area (Å²) in [5.74, 6) is 0.656. The third-order valence-corrected chi connectivity index (χ3v) is 4.92. The van der Waals surface area contributed by atoms with Crippen molar-refractivity contribution in [3.05, 3.63) is 54.1 Å². The van der Waals surface area contributed by atoms with Crippen LogP contribution in [0.5, 0.6) is 11.5 Å². The lowest BCUT2D eigenvalue weighted by Crippen LogP contribution is -2.40. The second kappa shape index (κ2) is 7.70. The van der Waals surface area contributed by atoms with Crippen LogP contribution in [0.4, 0.5) is 5.69 Å². The molecule has 2 N–H and O–H groups in total. The van der Waals surface area contributed by atoms with E-state index in [4.69, 9.17) is 9.47 Å². The number of benzene rings is 2. The number of hydrogen-bond acceptors (Lipinski definition) is 4. The minimum absolute atomic E-state index is 0.124. The summed E-state index contributed by atoms with van der Waals surface area (Å²) < 4.78 is 11.3. The molecule has 6 heteroatoms. The Morgan fingerprint density at radius 3 is 2.44 bits per heavy atom. The van der Waals surface area contributed by atoms with Gasteiger partial charge >= 0.3 is 0 Å². The first-order chi connectivity index (χ1) is 13.2. The van der Waals surface area contributed by atoms with Crippen molar-refractivity contribution in [3.63, 3.8) is 0 Å². The Morgan fingerprint density at radius 2 is 1.63 bits per heavy atom. The molecule has 4 rings (SSSR count). The molecule has 2 amide bonds. The van der Waals surface area contributed by atoms with Crippen molar-refractivity contribution in [2.45, 2.75) is 37.8 Å². The van der Waals surface area contributed by atoms with Crippen molar-refractivity contribution in [1.82, 2.24) is 5.32 Å². The maximum atomic E-state index is 12.6. The van der Waals surface area contributed by atoms with Crippen LogP contribution >= 0.6 is 0 Å². The Hall–Kier alpha value is -3.02. The van der Waals surface area contributed by atoms with Crippen molar-refractivity contribution >= 4 is 17.5 Å². The fourth-order valence-electron chi connectivity index (χ4n) is 3.49. The van der Waals surface area contributed by atoms with Gasteiger partial charge in [0.25, 0.3) is 11.8 Å². The predicted molar refractivity (Wildman–Crippen MR) is 101 cm³/mol. The number of nitrogens with one attached hydrogen (secondary N) is 2. The van der Waals surface area contributed by atoms with E-state index in [0.717, 1.165) is 25.7 Å². The molecule has 1 unspecified atom stereocenters. The first kappa shape index (κ1) is 17.4. The smallest absolute Gasteiger partial charge is 0.269 e. The fourth-order valence-corrected chi connectivity index (χ4v) is 3.49. The van der Waals surface area contributed by atoms with E-state index in [0.29, 0.717) is 22.7 Å². The van der Waals surface area contributed by atoms with Crippen LogP contribution in [0.3, 0.4) is 0 Å². The number of anilines is 1. The summed E-state index contributed by atoms with van der Waals surface area (Å²) in [6.07, 6.45) is 3.53. The Morgan fingerprint density at radius 1 is 0.926 bits per heavy atom. The number of carbonyl (C=O) groups excluding carboxylic acids is 2. The number of rotatable bonds is 4. The number of amides is 2. The van der Waals surface area contributed by atoms with Gasteiger partial charge in [0.1, 0.15) is 6.61 Å². The van der Waals surface area contributed by atoms with E-state index in [1.807, 2.05) is 12.1 Å². The molecule has 1 heterocycles. The van der Waals surface area contributed by atoms with Crippen LogP contribution in [0.2, 0.25) is 0 Å². The van der Waals surface area contributed by atoms with Gasteiger partial charge in [-0.25, -0.2) is 0 Å². The molecule has 2 aromatic carbocycles. The van der Waals surface area contributed by atoms with Crippen molar-refractivity contribution in [3.8, 4) is 11.5 Å². The molecule has 0 spiro atoms. The molecule has 2 aliphatic rings. The molecule has 1 saturated carbocycles. The lowest BCUT2D eigenvalue weighted by Gasteiger charge is -2.25. The number of hydrogen-bond donors (Lipinski definition) is 2.